The van der Waals surface area contributed by atoms with Crippen LogP contribution in [0.25, 0.3) is 0 Å². The van der Waals surface area contributed by atoms with Crippen molar-refractivity contribution < 1.29 is 14.2 Å². The Morgan fingerprint density at radius 3 is 2.33 bits per heavy atom. The molecule has 0 aliphatic heterocycles. The average molecular weight is 308 g/mol. The number of ether oxygens (including phenoxy) is 3. The lowest BCUT2D eigenvalue weighted by molar-refractivity contribution is 0.399. The summed E-state index contributed by atoms with van der Waals surface area (Å²) in [6.45, 7) is 0.602. The lowest BCUT2D eigenvalue weighted by Crippen LogP contribution is -2.02. The van der Waals surface area contributed by atoms with Gasteiger partial charge < -0.3 is 19.5 Å². The molecular formula is C16H18ClNO3. The second-order valence-corrected chi connectivity index (χ2v) is 4.79. The molecule has 5 heteroatoms. The van der Waals surface area contributed by atoms with Crippen LogP contribution in [0.15, 0.2) is 36.4 Å². The first kappa shape index (κ1) is 15.3. The number of anilines is 1. The SMILES string of the molecule is COc1ccc(OC)c(CNc2ccc(Cl)c(OC)c2)c1. The van der Waals surface area contributed by atoms with Gasteiger partial charge in [-0.3, -0.25) is 0 Å². The van der Waals surface area contributed by atoms with Crippen molar-refractivity contribution in [2.24, 2.45) is 0 Å². The zero-order valence-electron chi connectivity index (χ0n) is 12.3. The van der Waals surface area contributed by atoms with Gasteiger partial charge in [-0.2, -0.15) is 0 Å². The minimum Gasteiger partial charge on any atom is -0.497 e. The van der Waals surface area contributed by atoms with E-state index in [1.807, 2.05) is 30.3 Å². The summed E-state index contributed by atoms with van der Waals surface area (Å²) in [4.78, 5) is 0. The number of hydrogen-bond donors (Lipinski definition) is 1. The van der Waals surface area contributed by atoms with Crippen LogP contribution in [0.2, 0.25) is 5.02 Å². The van der Waals surface area contributed by atoms with Crippen molar-refractivity contribution in [1.29, 1.82) is 0 Å². The lowest BCUT2D eigenvalue weighted by atomic mass is 10.2. The molecule has 4 nitrogen and oxygen atoms in total. The fourth-order valence-electron chi connectivity index (χ4n) is 1.99. The van der Waals surface area contributed by atoms with Crippen LogP contribution in [-0.2, 0) is 6.54 Å². The molecule has 1 N–H and O–H groups in total. The van der Waals surface area contributed by atoms with E-state index in [9.17, 15) is 0 Å². The summed E-state index contributed by atoms with van der Waals surface area (Å²) in [7, 11) is 4.88. The maximum absolute atomic E-state index is 6.01. The van der Waals surface area contributed by atoms with E-state index in [1.165, 1.54) is 0 Å². The quantitative estimate of drug-likeness (QED) is 0.876. The van der Waals surface area contributed by atoms with E-state index >= 15 is 0 Å². The van der Waals surface area contributed by atoms with Gasteiger partial charge in [0.1, 0.15) is 17.2 Å². The van der Waals surface area contributed by atoms with E-state index in [0.29, 0.717) is 17.3 Å². The van der Waals surface area contributed by atoms with E-state index in [4.69, 9.17) is 25.8 Å². The third-order valence-electron chi connectivity index (χ3n) is 3.12. The molecule has 0 atom stereocenters. The highest BCUT2D eigenvalue weighted by Gasteiger charge is 2.06. The maximum Gasteiger partial charge on any atom is 0.139 e. The highest BCUT2D eigenvalue weighted by Crippen LogP contribution is 2.29. The largest absolute Gasteiger partial charge is 0.497 e. The Hall–Kier alpha value is -2.07. The van der Waals surface area contributed by atoms with Gasteiger partial charge in [0.25, 0.3) is 0 Å². The van der Waals surface area contributed by atoms with E-state index in [1.54, 1.807) is 27.4 Å². The minimum absolute atomic E-state index is 0.585. The van der Waals surface area contributed by atoms with Gasteiger partial charge in [0.15, 0.2) is 0 Å². The average Bonchev–Trinajstić information content (AvgIpc) is 2.53. The van der Waals surface area contributed by atoms with Gasteiger partial charge in [-0.1, -0.05) is 11.6 Å². The Balaban J connectivity index is 2.15. The fourth-order valence-corrected chi connectivity index (χ4v) is 2.18. The smallest absolute Gasteiger partial charge is 0.139 e. The molecule has 0 saturated carbocycles. The van der Waals surface area contributed by atoms with Crippen LogP contribution in [0.3, 0.4) is 0 Å². The van der Waals surface area contributed by atoms with Crippen molar-refractivity contribution in [3.05, 3.63) is 47.0 Å². The van der Waals surface area contributed by atoms with Gasteiger partial charge in [0, 0.05) is 23.9 Å². The Bertz CT molecular complexity index is 616. The first-order chi connectivity index (χ1) is 10.2. The molecule has 2 rings (SSSR count). The van der Waals surface area contributed by atoms with Crippen LogP contribution in [0, 0.1) is 0 Å². The van der Waals surface area contributed by atoms with Crippen LogP contribution in [0.5, 0.6) is 17.2 Å². The van der Waals surface area contributed by atoms with Gasteiger partial charge in [-0.15, -0.1) is 0 Å². The van der Waals surface area contributed by atoms with Crippen LogP contribution in [-0.4, -0.2) is 21.3 Å². The molecule has 0 spiro atoms. The van der Waals surface area contributed by atoms with Crippen LogP contribution < -0.4 is 19.5 Å². The molecule has 0 aliphatic rings. The first-order valence-electron chi connectivity index (χ1n) is 6.46. The normalized spacial score (nSPS) is 10.1. The summed E-state index contributed by atoms with van der Waals surface area (Å²) < 4.78 is 15.8. The molecule has 0 saturated heterocycles. The molecule has 0 unspecified atom stereocenters. The fraction of sp³-hybridized carbons (Fsp3) is 0.250. The molecular weight excluding hydrogens is 290 g/mol. The highest BCUT2D eigenvalue weighted by molar-refractivity contribution is 6.32. The molecule has 0 bridgehead atoms. The number of rotatable bonds is 6. The maximum atomic E-state index is 6.01. The Labute approximate surface area is 129 Å². The number of methoxy groups -OCH3 is 3. The summed E-state index contributed by atoms with van der Waals surface area (Å²) in [6.07, 6.45) is 0. The number of halogens is 1. The minimum atomic E-state index is 0.585. The van der Waals surface area contributed by atoms with Crippen LogP contribution >= 0.6 is 11.6 Å². The van der Waals surface area contributed by atoms with E-state index in [2.05, 4.69) is 5.32 Å². The standard InChI is InChI=1S/C16H18ClNO3/c1-19-13-5-7-15(20-2)11(8-13)10-18-12-4-6-14(17)16(9-12)21-3/h4-9,18H,10H2,1-3H3. The van der Waals surface area contributed by atoms with Gasteiger partial charge in [0.2, 0.25) is 0 Å². The Morgan fingerprint density at radius 1 is 0.905 bits per heavy atom. The molecule has 2 aromatic carbocycles. The molecule has 0 radical (unpaired) electrons. The zero-order chi connectivity index (χ0) is 15.2. The Morgan fingerprint density at radius 2 is 1.67 bits per heavy atom. The van der Waals surface area contributed by atoms with Crippen molar-refractivity contribution in [2.45, 2.75) is 6.54 Å². The molecule has 2 aromatic rings. The summed E-state index contributed by atoms with van der Waals surface area (Å²) in [5.41, 5.74) is 1.92. The van der Waals surface area contributed by atoms with Gasteiger partial charge in [-0.25, -0.2) is 0 Å². The van der Waals surface area contributed by atoms with Crippen LogP contribution in [0.1, 0.15) is 5.56 Å². The molecule has 0 heterocycles. The lowest BCUT2D eigenvalue weighted by Gasteiger charge is -2.13. The molecule has 21 heavy (non-hydrogen) atoms. The second-order valence-electron chi connectivity index (χ2n) is 4.38. The molecule has 112 valence electrons. The summed E-state index contributed by atoms with van der Waals surface area (Å²) in [6, 6.07) is 11.3. The van der Waals surface area contributed by atoms with Crippen molar-refractivity contribution in [2.75, 3.05) is 26.6 Å². The predicted molar refractivity (Wildman–Crippen MR) is 84.9 cm³/mol. The van der Waals surface area contributed by atoms with Crippen molar-refractivity contribution in [1.82, 2.24) is 0 Å². The summed E-state index contributed by atoms with van der Waals surface area (Å²) in [5.74, 6) is 2.24. The van der Waals surface area contributed by atoms with E-state index in [0.717, 1.165) is 22.7 Å². The predicted octanol–water partition coefficient (Wildman–Crippen LogP) is 3.98. The Kier molecular flexibility index (Phi) is 5.17. The molecule has 0 aliphatic carbocycles. The molecule has 0 aromatic heterocycles. The third kappa shape index (κ3) is 3.73. The van der Waals surface area contributed by atoms with Gasteiger partial charge >= 0.3 is 0 Å². The van der Waals surface area contributed by atoms with Crippen molar-refractivity contribution >= 4 is 17.3 Å². The third-order valence-corrected chi connectivity index (χ3v) is 3.43. The van der Waals surface area contributed by atoms with Crippen molar-refractivity contribution in [3.8, 4) is 17.2 Å². The monoisotopic (exact) mass is 307 g/mol. The highest BCUT2D eigenvalue weighted by atomic mass is 35.5. The topological polar surface area (TPSA) is 39.7 Å². The van der Waals surface area contributed by atoms with Gasteiger partial charge in [-0.05, 0) is 30.3 Å². The van der Waals surface area contributed by atoms with Crippen LogP contribution in [0.4, 0.5) is 5.69 Å². The number of nitrogens with one attached hydrogen (secondary N) is 1. The van der Waals surface area contributed by atoms with Crippen molar-refractivity contribution in [3.63, 3.8) is 0 Å². The van der Waals surface area contributed by atoms with E-state index in [-0.39, 0.29) is 0 Å². The second kappa shape index (κ2) is 7.09. The van der Waals surface area contributed by atoms with E-state index < -0.39 is 0 Å². The first-order valence-corrected chi connectivity index (χ1v) is 6.84. The molecule has 0 amide bonds. The number of benzene rings is 2. The van der Waals surface area contributed by atoms with Gasteiger partial charge in [0.05, 0.1) is 26.4 Å². The summed E-state index contributed by atoms with van der Waals surface area (Å²) in [5, 5.41) is 3.90. The zero-order valence-corrected chi connectivity index (χ0v) is 13.0. The number of hydrogen-bond acceptors (Lipinski definition) is 4. The molecule has 0 fully saturated rings. The summed E-state index contributed by atoms with van der Waals surface area (Å²) >= 11 is 6.01.